The fourth-order valence-electron chi connectivity index (χ4n) is 2.20. The van der Waals surface area contributed by atoms with Crippen molar-refractivity contribution >= 4 is 5.91 Å². The molecule has 1 aromatic carbocycles. The Hall–Kier alpha value is -2.21. The number of aryl methyl sites for hydroxylation is 1. The van der Waals surface area contributed by atoms with E-state index >= 15 is 0 Å². The van der Waals surface area contributed by atoms with Crippen molar-refractivity contribution in [1.29, 1.82) is 0 Å². The van der Waals surface area contributed by atoms with Crippen molar-refractivity contribution in [3.63, 3.8) is 0 Å². The summed E-state index contributed by atoms with van der Waals surface area (Å²) in [6.07, 6.45) is 1.53. The van der Waals surface area contributed by atoms with Crippen molar-refractivity contribution in [1.82, 2.24) is 15.5 Å². The van der Waals surface area contributed by atoms with E-state index in [4.69, 9.17) is 4.42 Å². The number of aromatic nitrogens is 2. The minimum Gasteiger partial charge on any atom is -0.421 e. The highest BCUT2D eigenvalue weighted by molar-refractivity contribution is 5.76. The van der Waals surface area contributed by atoms with Crippen molar-refractivity contribution in [2.75, 3.05) is 6.61 Å². The largest absolute Gasteiger partial charge is 0.421 e. The Kier molecular flexibility index (Phi) is 6.29. The monoisotopic (exact) mass is 317 g/mol. The van der Waals surface area contributed by atoms with Gasteiger partial charge in [-0.1, -0.05) is 38.5 Å². The standard InChI is InChI=1S/C17H23N3O3/c1-3-12(2)14(11-21)18-15(22)9-10-16-19-20-17(23-16)13-7-5-4-6-8-13/h4-8,12,14,21H,3,9-11H2,1-2H3,(H,18,22)/t12-,14-/m1/s1. The van der Waals surface area contributed by atoms with Gasteiger partial charge in [-0.2, -0.15) is 0 Å². The number of hydrogen-bond donors (Lipinski definition) is 2. The van der Waals surface area contributed by atoms with Crippen LogP contribution >= 0.6 is 0 Å². The van der Waals surface area contributed by atoms with Crippen LogP contribution in [0, 0.1) is 5.92 Å². The number of aliphatic hydroxyl groups excluding tert-OH is 1. The van der Waals surface area contributed by atoms with Crippen molar-refractivity contribution in [2.24, 2.45) is 5.92 Å². The Bertz CT molecular complexity index is 613. The summed E-state index contributed by atoms with van der Waals surface area (Å²) < 4.78 is 5.57. The molecule has 0 unspecified atom stereocenters. The van der Waals surface area contributed by atoms with Gasteiger partial charge in [0.15, 0.2) is 0 Å². The average Bonchev–Trinajstić information content (AvgIpc) is 3.07. The van der Waals surface area contributed by atoms with E-state index in [0.717, 1.165) is 12.0 Å². The first-order valence-electron chi connectivity index (χ1n) is 7.92. The van der Waals surface area contributed by atoms with Gasteiger partial charge in [0.1, 0.15) is 0 Å². The Morgan fingerprint density at radius 2 is 2.04 bits per heavy atom. The zero-order valence-electron chi connectivity index (χ0n) is 13.5. The van der Waals surface area contributed by atoms with Crippen molar-refractivity contribution in [3.8, 4) is 11.5 Å². The second-order valence-corrected chi connectivity index (χ2v) is 5.61. The van der Waals surface area contributed by atoms with E-state index in [1.807, 2.05) is 44.2 Å². The molecule has 0 bridgehead atoms. The second-order valence-electron chi connectivity index (χ2n) is 5.61. The van der Waals surface area contributed by atoms with Crippen molar-refractivity contribution in [3.05, 3.63) is 36.2 Å². The lowest BCUT2D eigenvalue weighted by atomic mass is 10.00. The first-order chi connectivity index (χ1) is 11.1. The lowest BCUT2D eigenvalue weighted by Crippen LogP contribution is -2.41. The van der Waals surface area contributed by atoms with Gasteiger partial charge in [0, 0.05) is 18.4 Å². The summed E-state index contributed by atoms with van der Waals surface area (Å²) in [6.45, 7) is 3.98. The van der Waals surface area contributed by atoms with E-state index in [1.54, 1.807) is 0 Å². The fourth-order valence-corrected chi connectivity index (χ4v) is 2.20. The van der Waals surface area contributed by atoms with Crippen molar-refractivity contribution < 1.29 is 14.3 Å². The first-order valence-corrected chi connectivity index (χ1v) is 7.92. The molecule has 1 heterocycles. The zero-order valence-corrected chi connectivity index (χ0v) is 13.5. The smallest absolute Gasteiger partial charge is 0.247 e. The predicted molar refractivity (Wildman–Crippen MR) is 86.5 cm³/mol. The zero-order chi connectivity index (χ0) is 16.7. The minimum absolute atomic E-state index is 0.0561. The summed E-state index contributed by atoms with van der Waals surface area (Å²) in [7, 11) is 0. The lowest BCUT2D eigenvalue weighted by Gasteiger charge is -2.21. The third-order valence-electron chi connectivity index (χ3n) is 3.93. The molecule has 23 heavy (non-hydrogen) atoms. The van der Waals surface area contributed by atoms with E-state index < -0.39 is 0 Å². The van der Waals surface area contributed by atoms with Gasteiger partial charge in [-0.15, -0.1) is 10.2 Å². The van der Waals surface area contributed by atoms with Gasteiger partial charge in [-0.05, 0) is 18.1 Å². The van der Waals surface area contributed by atoms with Crippen LogP contribution < -0.4 is 5.32 Å². The second kappa shape index (κ2) is 8.43. The molecule has 2 rings (SSSR count). The molecule has 0 spiro atoms. The summed E-state index contributed by atoms with van der Waals surface area (Å²) in [5.41, 5.74) is 0.854. The molecule has 0 saturated heterocycles. The molecule has 2 atom stereocenters. The molecule has 2 aromatic rings. The number of nitrogens with zero attached hydrogens (tertiary/aromatic N) is 2. The van der Waals surface area contributed by atoms with E-state index in [0.29, 0.717) is 18.2 Å². The van der Waals surface area contributed by atoms with Crippen molar-refractivity contribution in [2.45, 2.75) is 39.2 Å². The number of amides is 1. The van der Waals surface area contributed by atoms with Crippen LogP contribution in [-0.4, -0.2) is 33.9 Å². The molecule has 0 aliphatic rings. The fraction of sp³-hybridized carbons (Fsp3) is 0.471. The van der Waals surface area contributed by atoms with Gasteiger partial charge in [-0.25, -0.2) is 0 Å². The lowest BCUT2D eigenvalue weighted by molar-refractivity contribution is -0.122. The molecule has 0 aliphatic carbocycles. The van der Waals surface area contributed by atoms with Crippen LogP contribution in [0.25, 0.3) is 11.5 Å². The molecule has 6 nitrogen and oxygen atoms in total. The SMILES string of the molecule is CC[C@@H](C)[C@@H](CO)NC(=O)CCc1nnc(-c2ccccc2)o1. The normalized spacial score (nSPS) is 13.5. The van der Waals surface area contributed by atoms with Crippen LogP contribution in [0.15, 0.2) is 34.7 Å². The summed E-state index contributed by atoms with van der Waals surface area (Å²) in [6, 6.07) is 9.28. The Labute approximate surface area is 135 Å². The molecule has 1 amide bonds. The Balaban J connectivity index is 1.86. The molecule has 124 valence electrons. The molecule has 1 aromatic heterocycles. The summed E-state index contributed by atoms with van der Waals surface area (Å²) in [4.78, 5) is 12.0. The van der Waals surface area contributed by atoms with E-state index in [9.17, 15) is 9.90 Å². The highest BCUT2D eigenvalue weighted by Gasteiger charge is 2.18. The maximum absolute atomic E-state index is 12.0. The highest BCUT2D eigenvalue weighted by atomic mass is 16.4. The van der Waals surface area contributed by atoms with Gasteiger partial charge in [0.25, 0.3) is 0 Å². The quantitative estimate of drug-likeness (QED) is 0.779. The average molecular weight is 317 g/mol. The van der Waals surface area contributed by atoms with Crippen LogP contribution in [0.2, 0.25) is 0 Å². The summed E-state index contributed by atoms with van der Waals surface area (Å²) in [5.74, 6) is 0.998. The molecule has 2 N–H and O–H groups in total. The number of carbonyl (C=O) groups is 1. The molecule has 6 heteroatoms. The number of aliphatic hydroxyl groups is 1. The Morgan fingerprint density at radius 1 is 1.30 bits per heavy atom. The predicted octanol–water partition coefficient (Wildman–Crippen LogP) is 2.19. The molecule has 0 aliphatic heterocycles. The highest BCUT2D eigenvalue weighted by Crippen LogP contribution is 2.17. The van der Waals surface area contributed by atoms with Gasteiger partial charge >= 0.3 is 0 Å². The molecular formula is C17H23N3O3. The summed E-state index contributed by atoms with van der Waals surface area (Å²) in [5, 5.41) is 20.1. The molecule has 0 radical (unpaired) electrons. The number of benzene rings is 1. The van der Waals surface area contributed by atoms with Crippen LogP contribution in [0.3, 0.4) is 0 Å². The number of carbonyl (C=O) groups excluding carboxylic acids is 1. The van der Waals surface area contributed by atoms with Gasteiger partial charge < -0.3 is 14.8 Å². The summed E-state index contributed by atoms with van der Waals surface area (Å²) >= 11 is 0. The number of rotatable bonds is 8. The molecule has 0 fully saturated rings. The molecular weight excluding hydrogens is 294 g/mol. The Morgan fingerprint density at radius 3 is 2.70 bits per heavy atom. The van der Waals surface area contributed by atoms with Crippen LogP contribution in [-0.2, 0) is 11.2 Å². The maximum atomic E-state index is 12.0. The van der Waals surface area contributed by atoms with E-state index in [2.05, 4.69) is 15.5 Å². The van der Waals surface area contributed by atoms with Gasteiger partial charge in [0.05, 0.1) is 12.6 Å². The van der Waals surface area contributed by atoms with Gasteiger partial charge in [-0.3, -0.25) is 4.79 Å². The van der Waals surface area contributed by atoms with Crippen LogP contribution in [0.1, 0.15) is 32.6 Å². The number of nitrogens with one attached hydrogen (secondary N) is 1. The van der Waals surface area contributed by atoms with Gasteiger partial charge in [0.2, 0.25) is 17.7 Å². The number of hydrogen-bond acceptors (Lipinski definition) is 5. The first kappa shape index (κ1) is 17.1. The van der Waals surface area contributed by atoms with Crippen LogP contribution in [0.5, 0.6) is 0 Å². The van der Waals surface area contributed by atoms with Crippen LogP contribution in [0.4, 0.5) is 0 Å². The minimum atomic E-state index is -0.213. The third-order valence-corrected chi connectivity index (χ3v) is 3.93. The third kappa shape index (κ3) is 4.89. The van der Waals surface area contributed by atoms with E-state index in [1.165, 1.54) is 0 Å². The molecule has 0 saturated carbocycles. The topological polar surface area (TPSA) is 88.2 Å². The van der Waals surface area contributed by atoms with E-state index in [-0.39, 0.29) is 30.9 Å². The maximum Gasteiger partial charge on any atom is 0.247 e.